The zero-order valence-electron chi connectivity index (χ0n) is 12.1. The lowest BCUT2D eigenvalue weighted by atomic mass is 10.1. The second-order valence-corrected chi connectivity index (χ2v) is 6.62. The van der Waals surface area contributed by atoms with E-state index in [0.29, 0.717) is 5.92 Å². The van der Waals surface area contributed by atoms with E-state index in [2.05, 4.69) is 51.1 Å². The molecule has 1 atom stereocenters. The standard InChI is InChI=1S/C14H20BrN5/c1-9(2)6-11-13(15)14-16-5-4-12(20(14)18-11)10-7-17-19(3)8-10/h7-9,12,16H,4-6H2,1-3H3. The highest BCUT2D eigenvalue weighted by molar-refractivity contribution is 9.10. The van der Waals surface area contributed by atoms with Crippen molar-refractivity contribution >= 4 is 21.7 Å². The first-order chi connectivity index (χ1) is 9.56. The average molecular weight is 338 g/mol. The molecule has 108 valence electrons. The normalized spacial score (nSPS) is 18.1. The van der Waals surface area contributed by atoms with Gasteiger partial charge in [-0.15, -0.1) is 0 Å². The van der Waals surface area contributed by atoms with Crippen LogP contribution in [0.15, 0.2) is 16.9 Å². The monoisotopic (exact) mass is 337 g/mol. The number of hydrogen-bond donors (Lipinski definition) is 1. The van der Waals surface area contributed by atoms with Gasteiger partial charge in [-0.1, -0.05) is 13.8 Å². The third-order valence-electron chi connectivity index (χ3n) is 3.64. The van der Waals surface area contributed by atoms with Gasteiger partial charge < -0.3 is 5.32 Å². The highest BCUT2D eigenvalue weighted by atomic mass is 79.9. The molecule has 0 saturated carbocycles. The first-order valence-corrected chi connectivity index (χ1v) is 7.85. The summed E-state index contributed by atoms with van der Waals surface area (Å²) in [7, 11) is 1.95. The van der Waals surface area contributed by atoms with Gasteiger partial charge >= 0.3 is 0 Å². The van der Waals surface area contributed by atoms with E-state index in [9.17, 15) is 0 Å². The van der Waals surface area contributed by atoms with Crippen LogP contribution < -0.4 is 5.32 Å². The third kappa shape index (κ3) is 2.37. The Bertz CT molecular complexity index is 613. The maximum atomic E-state index is 4.83. The Balaban J connectivity index is 2.00. The van der Waals surface area contributed by atoms with Crippen LogP contribution in [0.4, 0.5) is 5.82 Å². The van der Waals surface area contributed by atoms with Gasteiger partial charge in [-0.2, -0.15) is 10.2 Å². The minimum absolute atomic E-state index is 0.275. The number of aryl methyl sites for hydroxylation is 1. The number of nitrogens with zero attached hydrogens (tertiary/aromatic N) is 4. The van der Waals surface area contributed by atoms with Crippen LogP contribution in [0.5, 0.6) is 0 Å². The van der Waals surface area contributed by atoms with Crippen molar-refractivity contribution < 1.29 is 0 Å². The quantitative estimate of drug-likeness (QED) is 0.936. The number of halogens is 1. The summed E-state index contributed by atoms with van der Waals surface area (Å²) in [5.74, 6) is 1.70. The molecule has 1 N–H and O–H groups in total. The Morgan fingerprint density at radius 1 is 1.50 bits per heavy atom. The van der Waals surface area contributed by atoms with Crippen molar-refractivity contribution in [3.05, 3.63) is 28.1 Å². The van der Waals surface area contributed by atoms with E-state index in [1.165, 1.54) is 5.56 Å². The molecule has 0 aromatic carbocycles. The number of nitrogens with one attached hydrogen (secondary N) is 1. The molecule has 1 aliphatic rings. The van der Waals surface area contributed by atoms with E-state index in [-0.39, 0.29) is 6.04 Å². The van der Waals surface area contributed by atoms with Gasteiger partial charge in [-0.25, -0.2) is 4.68 Å². The fraction of sp³-hybridized carbons (Fsp3) is 0.571. The van der Waals surface area contributed by atoms with Crippen molar-refractivity contribution in [2.45, 2.75) is 32.7 Å². The Labute approximate surface area is 127 Å². The summed E-state index contributed by atoms with van der Waals surface area (Å²) in [6, 6.07) is 0.275. The van der Waals surface area contributed by atoms with Crippen LogP contribution in [0, 0.1) is 5.92 Å². The smallest absolute Gasteiger partial charge is 0.139 e. The summed E-state index contributed by atoms with van der Waals surface area (Å²) >= 11 is 3.70. The highest BCUT2D eigenvalue weighted by Gasteiger charge is 2.27. The zero-order valence-corrected chi connectivity index (χ0v) is 13.7. The molecule has 0 radical (unpaired) electrons. The van der Waals surface area contributed by atoms with E-state index in [1.807, 2.05) is 17.9 Å². The lowest BCUT2D eigenvalue weighted by molar-refractivity contribution is 0.474. The van der Waals surface area contributed by atoms with E-state index in [0.717, 1.165) is 35.4 Å². The molecule has 1 unspecified atom stereocenters. The lowest BCUT2D eigenvalue weighted by Crippen LogP contribution is -2.24. The van der Waals surface area contributed by atoms with Crippen molar-refractivity contribution in [2.24, 2.45) is 13.0 Å². The van der Waals surface area contributed by atoms with Gasteiger partial charge in [0.05, 0.1) is 22.4 Å². The summed E-state index contributed by atoms with van der Waals surface area (Å²) in [5.41, 5.74) is 2.36. The van der Waals surface area contributed by atoms with Gasteiger partial charge in [-0.05, 0) is 34.7 Å². The number of rotatable bonds is 3. The van der Waals surface area contributed by atoms with E-state index in [1.54, 1.807) is 0 Å². The zero-order chi connectivity index (χ0) is 14.3. The largest absolute Gasteiger partial charge is 0.369 e. The third-order valence-corrected chi connectivity index (χ3v) is 4.47. The SMILES string of the molecule is CC(C)Cc1nn2c(c1Br)NCCC2c1cnn(C)c1. The van der Waals surface area contributed by atoms with Crippen LogP contribution in [-0.2, 0) is 13.5 Å². The molecule has 1 aliphatic heterocycles. The number of aromatic nitrogens is 4. The average Bonchev–Trinajstić information content (AvgIpc) is 2.95. The molecule has 0 bridgehead atoms. The fourth-order valence-corrected chi connectivity index (χ4v) is 3.30. The second kappa shape index (κ2) is 5.24. The fourth-order valence-electron chi connectivity index (χ4n) is 2.73. The molecule has 2 aromatic rings. The first-order valence-electron chi connectivity index (χ1n) is 7.05. The van der Waals surface area contributed by atoms with Crippen molar-refractivity contribution in [2.75, 3.05) is 11.9 Å². The summed E-state index contributed by atoms with van der Waals surface area (Å²) in [5, 5.41) is 12.6. The Morgan fingerprint density at radius 3 is 2.95 bits per heavy atom. The predicted molar refractivity (Wildman–Crippen MR) is 82.9 cm³/mol. The van der Waals surface area contributed by atoms with E-state index in [4.69, 9.17) is 5.10 Å². The number of hydrogen-bond acceptors (Lipinski definition) is 3. The van der Waals surface area contributed by atoms with Gasteiger partial charge in [0.1, 0.15) is 5.82 Å². The van der Waals surface area contributed by atoms with Crippen molar-refractivity contribution in [3.8, 4) is 0 Å². The first kappa shape index (κ1) is 13.7. The molecule has 3 heterocycles. The molecular formula is C14H20BrN5. The van der Waals surface area contributed by atoms with Crippen molar-refractivity contribution in [1.29, 1.82) is 0 Å². The van der Waals surface area contributed by atoms with Gasteiger partial charge in [-0.3, -0.25) is 4.68 Å². The topological polar surface area (TPSA) is 47.7 Å². The van der Waals surface area contributed by atoms with Crippen LogP contribution in [-0.4, -0.2) is 26.1 Å². The maximum Gasteiger partial charge on any atom is 0.139 e. The lowest BCUT2D eigenvalue weighted by Gasteiger charge is -2.25. The van der Waals surface area contributed by atoms with Gasteiger partial charge in [0, 0.05) is 25.4 Å². The summed E-state index contributed by atoms with van der Waals surface area (Å²) in [6.07, 6.45) is 6.05. The molecule has 20 heavy (non-hydrogen) atoms. The summed E-state index contributed by atoms with van der Waals surface area (Å²) in [6.45, 7) is 5.40. The minimum Gasteiger partial charge on any atom is -0.369 e. The van der Waals surface area contributed by atoms with Crippen LogP contribution in [0.1, 0.15) is 37.6 Å². The van der Waals surface area contributed by atoms with E-state index < -0.39 is 0 Å². The van der Waals surface area contributed by atoms with Gasteiger partial charge in [0.25, 0.3) is 0 Å². The maximum absolute atomic E-state index is 4.83. The molecule has 0 fully saturated rings. The minimum atomic E-state index is 0.275. The Kier molecular flexibility index (Phi) is 3.58. The van der Waals surface area contributed by atoms with E-state index >= 15 is 0 Å². The molecule has 6 heteroatoms. The molecule has 2 aromatic heterocycles. The van der Waals surface area contributed by atoms with Crippen LogP contribution >= 0.6 is 15.9 Å². The second-order valence-electron chi connectivity index (χ2n) is 5.83. The Hall–Kier alpha value is -1.30. The molecule has 0 saturated heterocycles. The summed E-state index contributed by atoms with van der Waals surface area (Å²) in [4.78, 5) is 0. The molecule has 0 spiro atoms. The number of fused-ring (bicyclic) bond motifs is 1. The molecule has 3 rings (SSSR count). The van der Waals surface area contributed by atoms with Crippen molar-refractivity contribution in [3.63, 3.8) is 0 Å². The Morgan fingerprint density at radius 2 is 2.30 bits per heavy atom. The van der Waals surface area contributed by atoms with Crippen LogP contribution in [0.3, 0.4) is 0 Å². The number of anilines is 1. The summed E-state index contributed by atoms with van der Waals surface area (Å²) < 4.78 is 5.08. The van der Waals surface area contributed by atoms with Gasteiger partial charge in [0.2, 0.25) is 0 Å². The molecule has 5 nitrogen and oxygen atoms in total. The molecular weight excluding hydrogens is 318 g/mol. The molecule has 0 amide bonds. The van der Waals surface area contributed by atoms with Crippen LogP contribution in [0.2, 0.25) is 0 Å². The molecule has 0 aliphatic carbocycles. The van der Waals surface area contributed by atoms with Crippen LogP contribution in [0.25, 0.3) is 0 Å². The predicted octanol–water partition coefficient (Wildman–Crippen LogP) is 2.98. The van der Waals surface area contributed by atoms with Gasteiger partial charge in [0.15, 0.2) is 0 Å². The van der Waals surface area contributed by atoms with Crippen molar-refractivity contribution in [1.82, 2.24) is 19.6 Å². The highest BCUT2D eigenvalue weighted by Crippen LogP contribution is 2.36.